The highest BCUT2D eigenvalue weighted by Crippen LogP contribution is 2.30. The van der Waals surface area contributed by atoms with E-state index in [-0.39, 0.29) is 36.9 Å². The number of carbonyl (C=O) groups excluding carboxylic acids is 3. The molecule has 36 heavy (non-hydrogen) atoms. The first kappa shape index (κ1) is 25.8. The van der Waals surface area contributed by atoms with E-state index in [1.807, 2.05) is 35.2 Å². The topological polar surface area (TPSA) is 85.4 Å². The molecule has 1 unspecified atom stereocenters. The maximum absolute atomic E-state index is 13.6. The lowest BCUT2D eigenvalue weighted by Crippen LogP contribution is -2.76. The van der Waals surface area contributed by atoms with Gasteiger partial charge in [0.1, 0.15) is 18.0 Å². The van der Waals surface area contributed by atoms with E-state index in [2.05, 4.69) is 31.3 Å². The van der Waals surface area contributed by atoms with Crippen molar-refractivity contribution in [2.24, 2.45) is 5.92 Å². The van der Waals surface area contributed by atoms with Crippen LogP contribution < -0.4 is 10.1 Å². The average Bonchev–Trinajstić information content (AvgIpc) is 2.85. The van der Waals surface area contributed by atoms with Crippen LogP contribution in [0.3, 0.4) is 0 Å². The number of hydrogen-bond acceptors (Lipinski definition) is 5. The van der Waals surface area contributed by atoms with Gasteiger partial charge in [0.15, 0.2) is 0 Å². The van der Waals surface area contributed by atoms with E-state index in [1.165, 1.54) is 5.57 Å². The van der Waals surface area contributed by atoms with E-state index in [0.717, 1.165) is 24.2 Å². The number of allylic oxidation sites excluding steroid dienone is 3. The molecular weight excluding hydrogens is 458 g/mol. The predicted octanol–water partition coefficient (Wildman–Crippen LogP) is 2.76. The zero-order valence-corrected chi connectivity index (χ0v) is 21.6. The lowest BCUT2D eigenvalue weighted by atomic mass is 9.96. The molecule has 2 fully saturated rings. The maximum Gasteiger partial charge on any atom is 0.334 e. The second-order valence-electron chi connectivity index (χ2n) is 10.1. The molecule has 1 aliphatic carbocycles. The van der Waals surface area contributed by atoms with Gasteiger partial charge in [-0.25, -0.2) is 14.8 Å². The summed E-state index contributed by atoms with van der Waals surface area (Å²) in [5.74, 6) is 0.815. The van der Waals surface area contributed by atoms with Gasteiger partial charge in [-0.1, -0.05) is 49.8 Å². The second-order valence-corrected chi connectivity index (χ2v) is 10.1. The number of amides is 4. The highest BCUT2D eigenvalue weighted by molar-refractivity contribution is 5.91. The molecule has 2 atom stereocenters. The number of fused-ring (bicyclic) bond motifs is 1. The number of nitrogens with zero attached hydrogens (tertiary/aromatic N) is 4. The summed E-state index contributed by atoms with van der Waals surface area (Å²) in [7, 11) is 3.36. The predicted molar refractivity (Wildman–Crippen MR) is 137 cm³/mol. The number of carbonyl (C=O) groups is 3. The third-order valence-electron chi connectivity index (χ3n) is 6.94. The number of rotatable bonds is 7. The molecule has 1 aromatic rings. The largest absolute Gasteiger partial charge is 0.497 e. The van der Waals surface area contributed by atoms with Crippen molar-refractivity contribution in [3.63, 3.8) is 0 Å². The number of benzene rings is 1. The van der Waals surface area contributed by atoms with Gasteiger partial charge in [-0.05, 0) is 42.9 Å². The fraction of sp³-hybridized carbons (Fsp3) is 0.519. The molecule has 1 aromatic carbocycles. The molecular formula is C27H37N5O4. The third-order valence-corrected chi connectivity index (χ3v) is 6.94. The SMILES string of the molecule is COc1ccc(CNC(=O)N2C3CN(CC4=CC=CCC4)C(=O)[C@H](CC(C)C)N3C(=O)CN2C)cc1. The van der Waals surface area contributed by atoms with Crippen LogP contribution in [-0.4, -0.2) is 83.7 Å². The smallest absolute Gasteiger partial charge is 0.334 e. The van der Waals surface area contributed by atoms with Crippen LogP contribution in [-0.2, 0) is 16.1 Å². The average molecular weight is 496 g/mol. The Morgan fingerprint density at radius 3 is 2.58 bits per heavy atom. The number of hydrazine groups is 1. The van der Waals surface area contributed by atoms with Gasteiger partial charge < -0.3 is 19.9 Å². The minimum absolute atomic E-state index is 0.0353. The molecule has 4 rings (SSSR count). The molecule has 9 heteroatoms. The van der Waals surface area contributed by atoms with Crippen molar-refractivity contribution in [3.8, 4) is 5.75 Å². The molecule has 0 radical (unpaired) electrons. The number of piperazine rings is 1. The van der Waals surface area contributed by atoms with E-state index in [1.54, 1.807) is 29.1 Å². The molecule has 2 heterocycles. The molecule has 194 valence electrons. The van der Waals surface area contributed by atoms with E-state index in [4.69, 9.17) is 4.74 Å². The van der Waals surface area contributed by atoms with Crippen LogP contribution in [0, 0.1) is 5.92 Å². The van der Waals surface area contributed by atoms with Gasteiger partial charge in [-0.3, -0.25) is 9.59 Å². The summed E-state index contributed by atoms with van der Waals surface area (Å²) in [5.41, 5.74) is 2.13. The van der Waals surface area contributed by atoms with Crippen LogP contribution in [0.2, 0.25) is 0 Å². The summed E-state index contributed by atoms with van der Waals surface area (Å²) in [6.07, 6.45) is 8.08. The lowest BCUT2D eigenvalue weighted by molar-refractivity contribution is -0.187. The second kappa shape index (κ2) is 11.2. The van der Waals surface area contributed by atoms with Gasteiger partial charge >= 0.3 is 6.03 Å². The van der Waals surface area contributed by atoms with Gasteiger partial charge in [-0.15, -0.1) is 0 Å². The summed E-state index contributed by atoms with van der Waals surface area (Å²) in [6, 6.07) is 6.63. The minimum atomic E-state index is -0.582. The normalized spacial score (nSPS) is 22.6. The Labute approximate surface area is 213 Å². The molecule has 3 aliphatic rings. The maximum atomic E-state index is 13.6. The monoisotopic (exact) mass is 495 g/mol. The van der Waals surface area contributed by atoms with E-state index in [0.29, 0.717) is 19.5 Å². The molecule has 2 saturated heterocycles. The van der Waals surface area contributed by atoms with Crippen LogP contribution >= 0.6 is 0 Å². The Bertz CT molecular complexity index is 1040. The number of ether oxygens (including phenoxy) is 1. The van der Waals surface area contributed by atoms with E-state index < -0.39 is 12.2 Å². The quantitative estimate of drug-likeness (QED) is 0.629. The van der Waals surface area contributed by atoms with Crippen molar-refractivity contribution in [3.05, 3.63) is 53.6 Å². The van der Waals surface area contributed by atoms with Crippen molar-refractivity contribution in [2.75, 3.05) is 33.8 Å². The first-order valence-electron chi connectivity index (χ1n) is 12.6. The number of nitrogens with one attached hydrogen (secondary N) is 1. The van der Waals surface area contributed by atoms with Crippen molar-refractivity contribution in [1.29, 1.82) is 0 Å². The van der Waals surface area contributed by atoms with Crippen LogP contribution in [0.25, 0.3) is 0 Å². The summed E-state index contributed by atoms with van der Waals surface area (Å²) in [4.78, 5) is 43.7. The Balaban J connectivity index is 1.56. The van der Waals surface area contributed by atoms with Gasteiger partial charge in [0, 0.05) is 20.1 Å². The Hall–Kier alpha value is -3.33. The molecule has 2 aliphatic heterocycles. The fourth-order valence-electron chi connectivity index (χ4n) is 5.15. The summed E-state index contributed by atoms with van der Waals surface area (Å²) >= 11 is 0. The zero-order valence-electron chi connectivity index (χ0n) is 21.6. The lowest BCUT2D eigenvalue weighted by Gasteiger charge is -2.54. The molecule has 9 nitrogen and oxygen atoms in total. The van der Waals surface area contributed by atoms with Crippen molar-refractivity contribution in [2.45, 2.75) is 51.9 Å². The van der Waals surface area contributed by atoms with Crippen LogP contribution in [0.4, 0.5) is 4.79 Å². The zero-order chi connectivity index (χ0) is 25.8. The highest BCUT2D eigenvalue weighted by Gasteiger charge is 2.50. The molecule has 1 N–H and O–H groups in total. The molecule has 4 amide bonds. The summed E-state index contributed by atoms with van der Waals surface area (Å²) < 4.78 is 5.20. The third kappa shape index (κ3) is 5.56. The van der Waals surface area contributed by atoms with Gasteiger partial charge in [0.2, 0.25) is 11.8 Å². The summed E-state index contributed by atoms with van der Waals surface area (Å²) in [5, 5.41) is 6.26. The van der Waals surface area contributed by atoms with Gasteiger partial charge in [0.05, 0.1) is 20.2 Å². The number of methoxy groups -OCH3 is 1. The van der Waals surface area contributed by atoms with E-state index in [9.17, 15) is 14.4 Å². The first-order chi connectivity index (χ1) is 17.3. The minimum Gasteiger partial charge on any atom is -0.497 e. The van der Waals surface area contributed by atoms with Crippen molar-refractivity contribution >= 4 is 17.8 Å². The molecule has 0 spiro atoms. The Morgan fingerprint density at radius 2 is 1.94 bits per heavy atom. The first-order valence-corrected chi connectivity index (χ1v) is 12.6. The number of urea groups is 1. The molecule has 0 saturated carbocycles. The van der Waals surface area contributed by atoms with Gasteiger partial charge in [-0.2, -0.15) is 0 Å². The Morgan fingerprint density at radius 1 is 1.19 bits per heavy atom. The van der Waals surface area contributed by atoms with Crippen LogP contribution in [0.1, 0.15) is 38.7 Å². The van der Waals surface area contributed by atoms with Gasteiger partial charge in [0.25, 0.3) is 0 Å². The number of hydrogen-bond donors (Lipinski definition) is 1. The standard InChI is InChI=1S/C27H37N5O4/c1-19(2)14-23-26(34)30(16-21-8-6-5-7-9-21)17-24-31(23)25(33)18-29(3)32(24)27(35)28-15-20-10-12-22(36-4)13-11-20/h5-6,8,10-13,19,23-24H,7,9,14-18H2,1-4H3,(H,28,35)/t23-,24?/m0/s1. The van der Waals surface area contributed by atoms with Crippen molar-refractivity contribution < 1.29 is 19.1 Å². The fourth-order valence-corrected chi connectivity index (χ4v) is 5.15. The summed E-state index contributed by atoms with van der Waals surface area (Å²) in [6.45, 7) is 5.28. The Kier molecular flexibility index (Phi) is 7.98. The highest BCUT2D eigenvalue weighted by atomic mass is 16.5. The van der Waals surface area contributed by atoms with E-state index >= 15 is 0 Å². The van der Waals surface area contributed by atoms with Crippen LogP contribution in [0.15, 0.2) is 48.1 Å². The number of likely N-dealkylation sites (N-methyl/N-ethyl adjacent to an activating group) is 1. The molecule has 0 bridgehead atoms. The van der Waals surface area contributed by atoms with Crippen molar-refractivity contribution in [1.82, 2.24) is 25.1 Å². The van der Waals surface area contributed by atoms with Crippen LogP contribution in [0.5, 0.6) is 5.75 Å². The molecule has 0 aromatic heterocycles.